The van der Waals surface area contributed by atoms with Crippen molar-refractivity contribution in [1.82, 2.24) is 0 Å². The number of esters is 2. The van der Waals surface area contributed by atoms with Crippen molar-refractivity contribution in [3.8, 4) is 0 Å². The second-order valence-electron chi connectivity index (χ2n) is 5.68. The molecule has 4 heteroatoms. The molecule has 18 heavy (non-hydrogen) atoms. The molecule has 2 aliphatic rings. The maximum Gasteiger partial charge on any atom is 0.302 e. The SMILES string of the molecule is CC(=O)OC[C@]12CCC[C@@H](OC(C)=O)[C@@H]1CCC2. The lowest BCUT2D eigenvalue weighted by atomic mass is 9.67. The van der Waals surface area contributed by atoms with Gasteiger partial charge in [0, 0.05) is 25.2 Å². The smallest absolute Gasteiger partial charge is 0.302 e. The maximum atomic E-state index is 11.2. The van der Waals surface area contributed by atoms with E-state index in [1.807, 2.05) is 0 Å². The first kappa shape index (κ1) is 13.4. The minimum absolute atomic E-state index is 0.0225. The van der Waals surface area contributed by atoms with Gasteiger partial charge in [-0.1, -0.05) is 6.42 Å². The Morgan fingerprint density at radius 3 is 2.39 bits per heavy atom. The number of fused-ring (bicyclic) bond motifs is 1. The van der Waals surface area contributed by atoms with Gasteiger partial charge in [-0.25, -0.2) is 0 Å². The highest BCUT2D eigenvalue weighted by molar-refractivity contribution is 5.66. The Morgan fingerprint density at radius 2 is 1.78 bits per heavy atom. The third-order valence-electron chi connectivity index (χ3n) is 4.47. The summed E-state index contributed by atoms with van der Waals surface area (Å²) < 4.78 is 10.7. The normalized spacial score (nSPS) is 34.8. The van der Waals surface area contributed by atoms with E-state index >= 15 is 0 Å². The molecule has 0 aromatic carbocycles. The summed E-state index contributed by atoms with van der Waals surface area (Å²) >= 11 is 0. The molecule has 2 aliphatic carbocycles. The zero-order valence-electron chi connectivity index (χ0n) is 11.2. The second kappa shape index (κ2) is 5.29. The summed E-state index contributed by atoms with van der Waals surface area (Å²) in [6, 6.07) is 0. The standard InChI is InChI=1S/C14H22O4/c1-10(15)17-9-14-7-3-5-12(14)13(6-4-8-14)18-11(2)16/h12-13H,3-9H2,1-2H3/t12-,13+,14-/m0/s1. The molecule has 0 aromatic heterocycles. The molecule has 0 aliphatic heterocycles. The molecule has 0 N–H and O–H groups in total. The van der Waals surface area contributed by atoms with E-state index < -0.39 is 0 Å². The van der Waals surface area contributed by atoms with Crippen LogP contribution < -0.4 is 0 Å². The topological polar surface area (TPSA) is 52.6 Å². The van der Waals surface area contributed by atoms with E-state index in [2.05, 4.69) is 0 Å². The summed E-state index contributed by atoms with van der Waals surface area (Å²) in [5, 5.41) is 0. The number of carbonyl (C=O) groups excluding carboxylic acids is 2. The highest BCUT2D eigenvalue weighted by Gasteiger charge is 2.50. The Hall–Kier alpha value is -1.06. The molecule has 0 heterocycles. The number of rotatable bonds is 3. The van der Waals surface area contributed by atoms with E-state index in [4.69, 9.17) is 9.47 Å². The Labute approximate surface area is 108 Å². The van der Waals surface area contributed by atoms with E-state index in [-0.39, 0.29) is 23.5 Å². The van der Waals surface area contributed by atoms with Gasteiger partial charge in [-0.3, -0.25) is 9.59 Å². The second-order valence-corrected chi connectivity index (χ2v) is 5.68. The predicted octanol–water partition coefficient (Wildman–Crippen LogP) is 2.45. The van der Waals surface area contributed by atoms with Gasteiger partial charge < -0.3 is 9.47 Å². The van der Waals surface area contributed by atoms with Crippen molar-refractivity contribution >= 4 is 11.9 Å². The van der Waals surface area contributed by atoms with Crippen molar-refractivity contribution < 1.29 is 19.1 Å². The van der Waals surface area contributed by atoms with E-state index in [0.29, 0.717) is 12.5 Å². The van der Waals surface area contributed by atoms with Crippen molar-refractivity contribution in [2.24, 2.45) is 11.3 Å². The van der Waals surface area contributed by atoms with Gasteiger partial charge in [0.15, 0.2) is 0 Å². The van der Waals surface area contributed by atoms with Crippen LogP contribution in [0.25, 0.3) is 0 Å². The molecule has 0 bridgehead atoms. The van der Waals surface area contributed by atoms with Crippen LogP contribution in [0, 0.1) is 11.3 Å². The molecule has 0 amide bonds. The van der Waals surface area contributed by atoms with Crippen LogP contribution in [0.1, 0.15) is 52.4 Å². The fourth-order valence-corrected chi connectivity index (χ4v) is 3.76. The van der Waals surface area contributed by atoms with Crippen molar-refractivity contribution in [2.45, 2.75) is 58.5 Å². The van der Waals surface area contributed by atoms with E-state index in [1.165, 1.54) is 13.8 Å². The zero-order chi connectivity index (χ0) is 13.2. The fourth-order valence-electron chi connectivity index (χ4n) is 3.76. The largest absolute Gasteiger partial charge is 0.465 e. The average molecular weight is 254 g/mol. The van der Waals surface area contributed by atoms with Gasteiger partial charge in [-0.2, -0.15) is 0 Å². The van der Waals surface area contributed by atoms with Gasteiger partial charge in [-0.15, -0.1) is 0 Å². The molecule has 0 saturated heterocycles. The van der Waals surface area contributed by atoms with Gasteiger partial charge >= 0.3 is 11.9 Å². The van der Waals surface area contributed by atoms with Crippen molar-refractivity contribution in [3.63, 3.8) is 0 Å². The van der Waals surface area contributed by atoms with Crippen LogP contribution >= 0.6 is 0 Å². The molecule has 2 saturated carbocycles. The highest BCUT2D eigenvalue weighted by atomic mass is 16.5. The Bertz CT molecular complexity index is 339. The van der Waals surface area contributed by atoms with Crippen LogP contribution in [0.3, 0.4) is 0 Å². The summed E-state index contributed by atoms with van der Waals surface area (Å²) in [6.45, 7) is 3.41. The summed E-state index contributed by atoms with van der Waals surface area (Å²) in [4.78, 5) is 22.2. The van der Waals surface area contributed by atoms with Crippen LogP contribution in [0.15, 0.2) is 0 Å². The molecule has 2 rings (SSSR count). The van der Waals surface area contributed by atoms with Crippen molar-refractivity contribution in [3.05, 3.63) is 0 Å². The zero-order valence-corrected chi connectivity index (χ0v) is 11.2. The van der Waals surface area contributed by atoms with E-state index in [1.54, 1.807) is 0 Å². The lowest BCUT2D eigenvalue weighted by Gasteiger charge is -2.43. The van der Waals surface area contributed by atoms with Crippen LogP contribution in [0.2, 0.25) is 0 Å². The Balaban J connectivity index is 2.07. The Morgan fingerprint density at radius 1 is 1.11 bits per heavy atom. The molecule has 0 unspecified atom stereocenters. The summed E-state index contributed by atoms with van der Waals surface area (Å²) in [7, 11) is 0. The minimum atomic E-state index is -0.218. The van der Waals surface area contributed by atoms with E-state index in [0.717, 1.165) is 38.5 Å². The van der Waals surface area contributed by atoms with Gasteiger partial charge in [-0.05, 0) is 32.1 Å². The van der Waals surface area contributed by atoms with Crippen LogP contribution in [0.5, 0.6) is 0 Å². The molecule has 102 valence electrons. The first-order valence-electron chi connectivity index (χ1n) is 6.84. The number of hydrogen-bond acceptors (Lipinski definition) is 4. The predicted molar refractivity (Wildman–Crippen MR) is 65.8 cm³/mol. The van der Waals surface area contributed by atoms with Gasteiger partial charge in [0.2, 0.25) is 0 Å². The molecule has 2 fully saturated rings. The molecule has 0 aromatic rings. The lowest BCUT2D eigenvalue weighted by molar-refractivity contribution is -0.161. The summed E-state index contributed by atoms with van der Waals surface area (Å²) in [5.41, 5.74) is 0.0596. The van der Waals surface area contributed by atoms with E-state index in [9.17, 15) is 9.59 Å². The average Bonchev–Trinajstić information content (AvgIpc) is 2.71. The maximum absolute atomic E-state index is 11.2. The molecule has 0 spiro atoms. The van der Waals surface area contributed by atoms with Gasteiger partial charge in [0.25, 0.3) is 0 Å². The number of hydrogen-bond donors (Lipinski definition) is 0. The molecular formula is C14H22O4. The molecule has 0 radical (unpaired) electrons. The quantitative estimate of drug-likeness (QED) is 0.726. The fraction of sp³-hybridized carbons (Fsp3) is 0.857. The minimum Gasteiger partial charge on any atom is -0.465 e. The van der Waals surface area contributed by atoms with Crippen LogP contribution in [-0.4, -0.2) is 24.6 Å². The monoisotopic (exact) mass is 254 g/mol. The molecular weight excluding hydrogens is 232 g/mol. The Kier molecular flexibility index (Phi) is 3.93. The van der Waals surface area contributed by atoms with Crippen molar-refractivity contribution in [1.29, 1.82) is 0 Å². The summed E-state index contributed by atoms with van der Waals surface area (Å²) in [5.74, 6) is -0.0469. The lowest BCUT2D eigenvalue weighted by Crippen LogP contribution is -2.43. The third-order valence-corrected chi connectivity index (χ3v) is 4.47. The van der Waals surface area contributed by atoms with Gasteiger partial charge in [0.05, 0.1) is 6.61 Å². The molecule has 3 atom stereocenters. The first-order valence-corrected chi connectivity index (χ1v) is 6.84. The number of carbonyl (C=O) groups is 2. The van der Waals surface area contributed by atoms with Crippen LogP contribution in [-0.2, 0) is 19.1 Å². The van der Waals surface area contributed by atoms with Crippen LogP contribution in [0.4, 0.5) is 0 Å². The summed E-state index contributed by atoms with van der Waals surface area (Å²) in [6.07, 6.45) is 6.42. The number of ether oxygens (including phenoxy) is 2. The molecule has 4 nitrogen and oxygen atoms in total. The van der Waals surface area contributed by atoms with Gasteiger partial charge in [0.1, 0.15) is 6.10 Å². The third kappa shape index (κ3) is 2.68. The first-order chi connectivity index (χ1) is 8.53. The highest BCUT2D eigenvalue weighted by Crippen LogP contribution is 2.53. The van der Waals surface area contributed by atoms with Crippen molar-refractivity contribution in [2.75, 3.05) is 6.61 Å².